The Labute approximate surface area is 185 Å². The standard InChI is InChI=1S/C24H22ClNO3S/c1-3-6-20(27)15-9-10-21-17(13-15)23-16(11-12-29-21)14-22(30-23)24(28)26(2)19-8-5-4-7-18(19)25/h4-5,7-10,13-14H,3,6,11-12H2,1-2H3. The summed E-state index contributed by atoms with van der Waals surface area (Å²) in [4.78, 5) is 28.8. The monoisotopic (exact) mass is 439 g/mol. The lowest BCUT2D eigenvalue weighted by atomic mass is 10.0. The number of carbonyl (C=O) groups is 2. The summed E-state index contributed by atoms with van der Waals surface area (Å²) in [6, 6.07) is 14.8. The molecule has 0 N–H and O–H groups in total. The molecule has 0 fully saturated rings. The summed E-state index contributed by atoms with van der Waals surface area (Å²) < 4.78 is 5.90. The van der Waals surface area contributed by atoms with E-state index in [1.54, 1.807) is 18.0 Å². The number of halogens is 1. The van der Waals surface area contributed by atoms with Crippen LogP contribution >= 0.6 is 22.9 Å². The molecule has 0 aliphatic carbocycles. The van der Waals surface area contributed by atoms with Gasteiger partial charge in [0.15, 0.2) is 5.78 Å². The second-order valence-electron chi connectivity index (χ2n) is 7.26. The molecule has 0 unspecified atom stereocenters. The van der Waals surface area contributed by atoms with E-state index in [2.05, 4.69) is 0 Å². The predicted molar refractivity (Wildman–Crippen MR) is 122 cm³/mol. The van der Waals surface area contributed by atoms with E-state index in [0.717, 1.165) is 28.2 Å². The van der Waals surface area contributed by atoms with Crippen molar-refractivity contribution < 1.29 is 14.3 Å². The first-order valence-corrected chi connectivity index (χ1v) is 11.1. The van der Waals surface area contributed by atoms with E-state index < -0.39 is 0 Å². The fourth-order valence-electron chi connectivity index (χ4n) is 3.60. The minimum atomic E-state index is -0.109. The molecule has 1 aromatic heterocycles. The number of nitrogens with zero attached hydrogens (tertiary/aromatic N) is 1. The van der Waals surface area contributed by atoms with Crippen molar-refractivity contribution in [1.82, 2.24) is 0 Å². The normalized spacial score (nSPS) is 12.4. The van der Waals surface area contributed by atoms with E-state index in [0.29, 0.717) is 40.6 Å². The molecule has 2 heterocycles. The van der Waals surface area contributed by atoms with Crippen LogP contribution in [0.1, 0.15) is 45.4 Å². The average Bonchev–Trinajstić information content (AvgIpc) is 3.10. The van der Waals surface area contributed by atoms with Crippen LogP contribution in [0.4, 0.5) is 5.69 Å². The van der Waals surface area contributed by atoms with Gasteiger partial charge in [0.1, 0.15) is 5.75 Å². The quantitative estimate of drug-likeness (QED) is 0.440. The number of thiophene rings is 1. The topological polar surface area (TPSA) is 46.6 Å². The van der Waals surface area contributed by atoms with Gasteiger partial charge < -0.3 is 9.64 Å². The van der Waals surface area contributed by atoms with Crippen molar-refractivity contribution in [2.24, 2.45) is 0 Å². The van der Waals surface area contributed by atoms with Crippen molar-refractivity contribution in [1.29, 1.82) is 0 Å². The molecular weight excluding hydrogens is 418 g/mol. The second-order valence-corrected chi connectivity index (χ2v) is 8.72. The van der Waals surface area contributed by atoms with E-state index in [-0.39, 0.29) is 11.7 Å². The number of fused-ring (bicyclic) bond motifs is 3. The molecule has 154 valence electrons. The average molecular weight is 440 g/mol. The zero-order valence-electron chi connectivity index (χ0n) is 16.9. The summed E-state index contributed by atoms with van der Waals surface area (Å²) in [7, 11) is 1.73. The van der Waals surface area contributed by atoms with Crippen molar-refractivity contribution in [3.8, 4) is 16.2 Å². The Balaban J connectivity index is 1.72. The van der Waals surface area contributed by atoms with Crippen LogP contribution in [-0.2, 0) is 6.42 Å². The molecule has 1 aliphatic heterocycles. The smallest absolute Gasteiger partial charge is 0.268 e. The van der Waals surface area contributed by atoms with Gasteiger partial charge >= 0.3 is 0 Å². The number of amides is 1. The number of Topliss-reactive ketones (excluding diaryl/α,β-unsaturated/α-hetero) is 1. The summed E-state index contributed by atoms with van der Waals surface area (Å²) >= 11 is 7.71. The molecule has 0 atom stereocenters. The third-order valence-electron chi connectivity index (χ3n) is 5.19. The fraction of sp³-hybridized carbons (Fsp3) is 0.250. The summed E-state index contributed by atoms with van der Waals surface area (Å²) in [5.41, 5.74) is 3.30. The molecule has 6 heteroatoms. The third-order valence-corrected chi connectivity index (χ3v) is 6.71. The predicted octanol–water partition coefficient (Wildman–Crippen LogP) is 6.26. The molecule has 0 saturated carbocycles. The highest BCUT2D eigenvalue weighted by Gasteiger charge is 2.24. The molecular formula is C24H22ClNO3S. The van der Waals surface area contributed by atoms with Crippen LogP contribution in [0.5, 0.6) is 5.75 Å². The molecule has 3 aromatic rings. The van der Waals surface area contributed by atoms with Gasteiger partial charge in [0.25, 0.3) is 5.91 Å². The van der Waals surface area contributed by atoms with Gasteiger partial charge in [-0.15, -0.1) is 11.3 Å². The number of benzene rings is 2. The van der Waals surface area contributed by atoms with Crippen LogP contribution in [0.25, 0.3) is 10.4 Å². The molecule has 0 spiro atoms. The molecule has 1 amide bonds. The van der Waals surface area contributed by atoms with Crippen LogP contribution in [0, 0.1) is 0 Å². The minimum absolute atomic E-state index is 0.109. The lowest BCUT2D eigenvalue weighted by molar-refractivity contribution is 0.0978. The van der Waals surface area contributed by atoms with Gasteiger partial charge in [-0.1, -0.05) is 30.7 Å². The van der Waals surface area contributed by atoms with Crippen LogP contribution in [-0.4, -0.2) is 25.3 Å². The maximum Gasteiger partial charge on any atom is 0.268 e. The lowest BCUT2D eigenvalue weighted by Gasteiger charge is -2.17. The van der Waals surface area contributed by atoms with E-state index in [1.807, 2.05) is 49.4 Å². The Morgan fingerprint density at radius 1 is 1.17 bits per heavy atom. The number of ether oxygens (including phenoxy) is 1. The molecule has 30 heavy (non-hydrogen) atoms. The maximum atomic E-state index is 13.2. The number of para-hydroxylation sites is 1. The van der Waals surface area contributed by atoms with Crippen molar-refractivity contribution in [2.75, 3.05) is 18.6 Å². The van der Waals surface area contributed by atoms with Gasteiger partial charge in [0.2, 0.25) is 0 Å². The van der Waals surface area contributed by atoms with E-state index in [9.17, 15) is 9.59 Å². The Hall–Kier alpha value is -2.63. The van der Waals surface area contributed by atoms with Crippen LogP contribution in [0.15, 0.2) is 48.5 Å². The van der Waals surface area contributed by atoms with Gasteiger partial charge in [-0.2, -0.15) is 0 Å². The van der Waals surface area contributed by atoms with E-state index in [1.165, 1.54) is 11.3 Å². The zero-order chi connectivity index (χ0) is 21.3. The van der Waals surface area contributed by atoms with Crippen molar-refractivity contribution in [3.05, 3.63) is 69.6 Å². The Bertz CT molecular complexity index is 1120. The molecule has 1 aliphatic rings. The van der Waals surface area contributed by atoms with Gasteiger partial charge in [0.05, 0.1) is 22.2 Å². The highest BCUT2D eigenvalue weighted by molar-refractivity contribution is 7.17. The summed E-state index contributed by atoms with van der Waals surface area (Å²) in [6.45, 7) is 2.53. The molecule has 4 rings (SSSR count). The summed E-state index contributed by atoms with van der Waals surface area (Å²) in [6.07, 6.45) is 2.04. The maximum absolute atomic E-state index is 13.2. The SMILES string of the molecule is CCCC(=O)c1ccc2c(c1)-c1sc(C(=O)N(C)c3ccccc3Cl)cc1CCO2. The first kappa shape index (κ1) is 20.6. The number of rotatable bonds is 5. The fourth-order valence-corrected chi connectivity index (χ4v) is 5.06. The van der Waals surface area contributed by atoms with Crippen LogP contribution in [0.2, 0.25) is 5.02 Å². The zero-order valence-corrected chi connectivity index (χ0v) is 18.5. The largest absolute Gasteiger partial charge is 0.493 e. The minimum Gasteiger partial charge on any atom is -0.493 e. The van der Waals surface area contributed by atoms with Crippen LogP contribution in [0.3, 0.4) is 0 Å². The van der Waals surface area contributed by atoms with Gasteiger partial charge in [-0.25, -0.2) is 0 Å². The summed E-state index contributed by atoms with van der Waals surface area (Å²) in [5, 5.41) is 0.532. The van der Waals surface area contributed by atoms with Gasteiger partial charge in [-0.3, -0.25) is 9.59 Å². The van der Waals surface area contributed by atoms with Crippen LogP contribution < -0.4 is 9.64 Å². The molecule has 0 bridgehead atoms. The van der Waals surface area contributed by atoms with Crippen molar-refractivity contribution in [2.45, 2.75) is 26.2 Å². The molecule has 0 radical (unpaired) electrons. The first-order valence-electron chi connectivity index (χ1n) is 9.95. The highest BCUT2D eigenvalue weighted by Crippen LogP contribution is 2.42. The summed E-state index contributed by atoms with van der Waals surface area (Å²) in [5.74, 6) is 0.765. The van der Waals surface area contributed by atoms with E-state index in [4.69, 9.17) is 16.3 Å². The van der Waals surface area contributed by atoms with Crippen molar-refractivity contribution in [3.63, 3.8) is 0 Å². The number of ketones is 1. The highest BCUT2D eigenvalue weighted by atomic mass is 35.5. The Morgan fingerprint density at radius 2 is 1.97 bits per heavy atom. The number of hydrogen-bond acceptors (Lipinski definition) is 4. The van der Waals surface area contributed by atoms with Crippen molar-refractivity contribution >= 4 is 40.3 Å². The third kappa shape index (κ3) is 3.87. The Kier molecular flexibility index (Phi) is 5.93. The number of carbonyl (C=O) groups excluding carboxylic acids is 2. The Morgan fingerprint density at radius 3 is 2.73 bits per heavy atom. The van der Waals surface area contributed by atoms with E-state index >= 15 is 0 Å². The van der Waals surface area contributed by atoms with Gasteiger partial charge in [0, 0.05) is 35.9 Å². The first-order chi connectivity index (χ1) is 14.5. The molecule has 0 saturated heterocycles. The molecule has 2 aromatic carbocycles. The second kappa shape index (κ2) is 8.62. The van der Waals surface area contributed by atoms with Gasteiger partial charge in [-0.05, 0) is 48.4 Å². The lowest BCUT2D eigenvalue weighted by Crippen LogP contribution is -2.25. The molecule has 4 nitrogen and oxygen atoms in total. The number of anilines is 1. The number of hydrogen-bond donors (Lipinski definition) is 0.